The average Bonchev–Trinajstić information content (AvgIpc) is 2.93. The van der Waals surface area contributed by atoms with Crippen LogP contribution in [0.2, 0.25) is 0 Å². The lowest BCUT2D eigenvalue weighted by Gasteiger charge is -2.17. The summed E-state index contributed by atoms with van der Waals surface area (Å²) in [5.74, 6) is 0.650. The second-order valence-electron chi connectivity index (χ2n) is 5.10. The van der Waals surface area contributed by atoms with Crippen LogP contribution < -0.4 is 10.1 Å². The Hall–Kier alpha value is -2.34. The number of aryl methyl sites for hydroxylation is 1. The zero-order valence-corrected chi connectivity index (χ0v) is 13.5. The molecule has 6 nitrogen and oxygen atoms in total. The minimum Gasteiger partial charge on any atom is -0.496 e. The van der Waals surface area contributed by atoms with Crippen molar-refractivity contribution in [3.63, 3.8) is 0 Å². The van der Waals surface area contributed by atoms with E-state index in [1.807, 2.05) is 38.4 Å². The molecule has 0 bridgehead atoms. The third-order valence-electron chi connectivity index (χ3n) is 3.47. The van der Waals surface area contributed by atoms with Crippen molar-refractivity contribution >= 4 is 5.91 Å². The van der Waals surface area contributed by atoms with E-state index in [4.69, 9.17) is 4.74 Å². The Morgan fingerprint density at radius 2 is 2.14 bits per heavy atom. The summed E-state index contributed by atoms with van der Waals surface area (Å²) in [5, 5.41) is 7.49. The van der Waals surface area contributed by atoms with Crippen LogP contribution in [-0.4, -0.2) is 54.9 Å². The van der Waals surface area contributed by atoms with Gasteiger partial charge in [0.25, 0.3) is 5.91 Å². The van der Waals surface area contributed by atoms with E-state index in [-0.39, 0.29) is 5.91 Å². The van der Waals surface area contributed by atoms with Crippen LogP contribution in [0.15, 0.2) is 30.5 Å². The summed E-state index contributed by atoms with van der Waals surface area (Å²) in [6, 6.07) is 7.58. The first-order valence-electron chi connectivity index (χ1n) is 7.15. The molecule has 0 saturated heterocycles. The highest BCUT2D eigenvalue weighted by atomic mass is 16.5. The molecular weight excluding hydrogens is 280 g/mol. The molecule has 1 aromatic heterocycles. The van der Waals surface area contributed by atoms with E-state index >= 15 is 0 Å². The maximum atomic E-state index is 12.7. The van der Waals surface area contributed by atoms with Crippen molar-refractivity contribution in [1.82, 2.24) is 20.0 Å². The second kappa shape index (κ2) is 7.09. The van der Waals surface area contributed by atoms with Crippen LogP contribution in [0, 0.1) is 0 Å². The number of rotatable bonds is 6. The van der Waals surface area contributed by atoms with Gasteiger partial charge >= 0.3 is 0 Å². The third-order valence-corrected chi connectivity index (χ3v) is 3.47. The van der Waals surface area contributed by atoms with E-state index in [2.05, 4.69) is 10.4 Å². The summed E-state index contributed by atoms with van der Waals surface area (Å²) in [6.45, 7) is 1.38. The molecule has 0 spiro atoms. The largest absolute Gasteiger partial charge is 0.496 e. The second-order valence-corrected chi connectivity index (χ2v) is 5.10. The Balaban J connectivity index is 2.40. The highest BCUT2D eigenvalue weighted by Gasteiger charge is 2.22. The number of para-hydroxylation sites is 1. The summed E-state index contributed by atoms with van der Waals surface area (Å²) in [6.07, 6.45) is 1.75. The van der Waals surface area contributed by atoms with Gasteiger partial charge in [0.15, 0.2) is 0 Å². The first-order valence-corrected chi connectivity index (χ1v) is 7.15. The van der Waals surface area contributed by atoms with Gasteiger partial charge in [-0.1, -0.05) is 12.1 Å². The molecule has 1 amide bonds. The van der Waals surface area contributed by atoms with Crippen LogP contribution in [0.25, 0.3) is 11.3 Å². The van der Waals surface area contributed by atoms with Gasteiger partial charge in [0, 0.05) is 38.9 Å². The molecule has 118 valence electrons. The lowest BCUT2D eigenvalue weighted by Crippen LogP contribution is -2.32. The zero-order valence-electron chi connectivity index (χ0n) is 13.5. The van der Waals surface area contributed by atoms with Crippen molar-refractivity contribution in [2.75, 3.05) is 34.3 Å². The van der Waals surface area contributed by atoms with E-state index in [0.717, 1.165) is 12.1 Å². The van der Waals surface area contributed by atoms with Gasteiger partial charge in [0.1, 0.15) is 11.4 Å². The molecule has 0 aliphatic rings. The number of amides is 1. The SMILES string of the molecule is CNCCN(C)C(=O)c1cn(C)nc1-c1ccccc1OC. The molecule has 6 heteroatoms. The van der Waals surface area contributed by atoms with Gasteiger partial charge in [-0.25, -0.2) is 0 Å². The number of likely N-dealkylation sites (N-methyl/N-ethyl adjacent to an activating group) is 2. The Morgan fingerprint density at radius 1 is 1.41 bits per heavy atom. The lowest BCUT2D eigenvalue weighted by atomic mass is 10.1. The first kappa shape index (κ1) is 16.0. The monoisotopic (exact) mass is 302 g/mol. The standard InChI is InChI=1S/C16H22N4O2/c1-17-9-10-19(2)16(21)13-11-20(3)18-15(13)12-7-5-6-8-14(12)22-4/h5-8,11,17H,9-10H2,1-4H3. The zero-order chi connectivity index (χ0) is 16.1. The van der Waals surface area contributed by atoms with Crippen LogP contribution in [0.5, 0.6) is 5.75 Å². The van der Waals surface area contributed by atoms with E-state index in [9.17, 15) is 4.79 Å². The van der Waals surface area contributed by atoms with Gasteiger partial charge < -0.3 is 15.0 Å². The summed E-state index contributed by atoms with van der Waals surface area (Å²) in [5.41, 5.74) is 2.03. The predicted molar refractivity (Wildman–Crippen MR) is 86.1 cm³/mol. The number of ether oxygens (including phenoxy) is 1. The molecule has 0 atom stereocenters. The van der Waals surface area contributed by atoms with Crippen molar-refractivity contribution in [1.29, 1.82) is 0 Å². The summed E-state index contributed by atoms with van der Waals surface area (Å²) in [4.78, 5) is 14.3. The summed E-state index contributed by atoms with van der Waals surface area (Å²) in [7, 11) is 7.08. The molecule has 1 heterocycles. The van der Waals surface area contributed by atoms with Crippen LogP contribution in [0.1, 0.15) is 10.4 Å². The van der Waals surface area contributed by atoms with Crippen LogP contribution in [-0.2, 0) is 7.05 Å². The molecule has 0 radical (unpaired) electrons. The molecule has 2 rings (SSSR count). The Bertz CT molecular complexity index is 651. The molecular formula is C16H22N4O2. The Kier molecular flexibility index (Phi) is 5.16. The number of hydrogen-bond acceptors (Lipinski definition) is 4. The molecule has 0 fully saturated rings. The summed E-state index contributed by atoms with van der Waals surface area (Å²) < 4.78 is 7.04. The molecule has 0 aliphatic heterocycles. The third kappa shape index (κ3) is 3.28. The molecule has 1 N–H and O–H groups in total. The normalized spacial score (nSPS) is 10.5. The number of benzene rings is 1. The molecule has 2 aromatic rings. The van der Waals surface area contributed by atoms with Crippen molar-refractivity contribution in [3.05, 3.63) is 36.0 Å². The number of methoxy groups -OCH3 is 1. The fourth-order valence-electron chi connectivity index (χ4n) is 2.27. The van der Waals surface area contributed by atoms with E-state index in [0.29, 0.717) is 23.6 Å². The molecule has 0 saturated carbocycles. The highest BCUT2D eigenvalue weighted by Crippen LogP contribution is 2.31. The van der Waals surface area contributed by atoms with Crippen molar-refractivity contribution in [3.8, 4) is 17.0 Å². The Labute approximate surface area is 130 Å². The quantitative estimate of drug-likeness (QED) is 0.876. The van der Waals surface area contributed by atoms with Crippen LogP contribution >= 0.6 is 0 Å². The van der Waals surface area contributed by atoms with Crippen molar-refractivity contribution < 1.29 is 9.53 Å². The predicted octanol–water partition coefficient (Wildman–Crippen LogP) is 1.39. The van der Waals surface area contributed by atoms with Gasteiger partial charge in [0.2, 0.25) is 0 Å². The fourth-order valence-corrected chi connectivity index (χ4v) is 2.27. The van der Waals surface area contributed by atoms with Crippen molar-refractivity contribution in [2.24, 2.45) is 7.05 Å². The average molecular weight is 302 g/mol. The summed E-state index contributed by atoms with van der Waals surface area (Å²) >= 11 is 0. The van der Waals surface area contributed by atoms with Crippen LogP contribution in [0.4, 0.5) is 0 Å². The minimum absolute atomic E-state index is 0.0516. The molecule has 0 unspecified atom stereocenters. The number of carbonyl (C=O) groups excluding carboxylic acids is 1. The number of carbonyl (C=O) groups is 1. The van der Waals surface area contributed by atoms with E-state index in [1.165, 1.54) is 0 Å². The molecule has 0 aliphatic carbocycles. The highest BCUT2D eigenvalue weighted by molar-refractivity contribution is 6.00. The molecule has 1 aromatic carbocycles. The smallest absolute Gasteiger partial charge is 0.257 e. The van der Waals surface area contributed by atoms with Crippen LogP contribution in [0.3, 0.4) is 0 Å². The molecule has 22 heavy (non-hydrogen) atoms. The van der Waals surface area contributed by atoms with E-state index in [1.54, 1.807) is 29.9 Å². The number of hydrogen-bond donors (Lipinski definition) is 1. The minimum atomic E-state index is -0.0516. The maximum absolute atomic E-state index is 12.7. The van der Waals surface area contributed by atoms with Gasteiger partial charge in [-0.05, 0) is 19.2 Å². The lowest BCUT2D eigenvalue weighted by molar-refractivity contribution is 0.0797. The topological polar surface area (TPSA) is 59.4 Å². The number of nitrogens with zero attached hydrogens (tertiary/aromatic N) is 3. The fraction of sp³-hybridized carbons (Fsp3) is 0.375. The van der Waals surface area contributed by atoms with Gasteiger partial charge in [0.05, 0.1) is 12.7 Å². The maximum Gasteiger partial charge on any atom is 0.257 e. The van der Waals surface area contributed by atoms with Gasteiger partial charge in [-0.15, -0.1) is 0 Å². The van der Waals surface area contributed by atoms with E-state index < -0.39 is 0 Å². The number of nitrogens with one attached hydrogen (secondary N) is 1. The van der Waals surface area contributed by atoms with Crippen molar-refractivity contribution in [2.45, 2.75) is 0 Å². The first-order chi connectivity index (χ1) is 10.6. The Morgan fingerprint density at radius 3 is 2.82 bits per heavy atom. The van der Waals surface area contributed by atoms with Gasteiger partial charge in [-0.2, -0.15) is 5.10 Å². The number of aromatic nitrogens is 2. The van der Waals surface area contributed by atoms with Gasteiger partial charge in [-0.3, -0.25) is 9.48 Å².